The molecule has 0 saturated heterocycles. The van der Waals surface area contributed by atoms with Crippen molar-refractivity contribution in [3.63, 3.8) is 0 Å². The Bertz CT molecular complexity index is 254. The van der Waals surface area contributed by atoms with E-state index < -0.39 is 10.0 Å². The summed E-state index contributed by atoms with van der Waals surface area (Å²) in [5, 5.41) is 3.20. The van der Waals surface area contributed by atoms with Gasteiger partial charge in [-0.1, -0.05) is 13.8 Å². The fraction of sp³-hybridized carbons (Fsp3) is 1.00. The van der Waals surface area contributed by atoms with Gasteiger partial charge in [-0.3, -0.25) is 0 Å². The lowest BCUT2D eigenvalue weighted by Gasteiger charge is -2.09. The topological polar surface area (TPSA) is 58.2 Å². The van der Waals surface area contributed by atoms with Crippen LogP contribution in [0, 0.1) is 0 Å². The second-order valence-corrected chi connectivity index (χ2v) is 6.93. The van der Waals surface area contributed by atoms with Crippen LogP contribution in [0.15, 0.2) is 0 Å². The monoisotopic (exact) mass is 268 g/mol. The van der Waals surface area contributed by atoms with E-state index >= 15 is 0 Å². The van der Waals surface area contributed by atoms with Gasteiger partial charge in [0.15, 0.2) is 0 Å². The summed E-state index contributed by atoms with van der Waals surface area (Å²) in [5.41, 5.74) is 0. The Morgan fingerprint density at radius 2 is 1.88 bits per heavy atom. The first-order valence-electron chi connectivity index (χ1n) is 5.67. The van der Waals surface area contributed by atoms with Crippen molar-refractivity contribution in [1.29, 1.82) is 0 Å². The van der Waals surface area contributed by atoms with Gasteiger partial charge in [-0.25, -0.2) is 13.1 Å². The summed E-state index contributed by atoms with van der Waals surface area (Å²) in [6, 6.07) is 0.414. The van der Waals surface area contributed by atoms with Crippen LogP contribution in [0.3, 0.4) is 0 Å². The normalized spacial score (nSPS) is 12.2. The Morgan fingerprint density at radius 3 is 2.44 bits per heavy atom. The molecule has 0 saturated carbocycles. The Kier molecular flexibility index (Phi) is 9.40. The molecule has 6 heteroatoms. The molecule has 4 nitrogen and oxygen atoms in total. The molecule has 0 fully saturated rings. The molecule has 0 aromatic rings. The van der Waals surface area contributed by atoms with Gasteiger partial charge in [-0.05, 0) is 31.4 Å². The maximum absolute atomic E-state index is 11.5. The van der Waals surface area contributed by atoms with Crippen molar-refractivity contribution >= 4 is 21.8 Å². The van der Waals surface area contributed by atoms with Crippen LogP contribution in [0.4, 0.5) is 0 Å². The third kappa shape index (κ3) is 10.7. The predicted molar refractivity (Wildman–Crippen MR) is 72.5 cm³/mol. The number of rotatable bonds is 10. The van der Waals surface area contributed by atoms with Crippen molar-refractivity contribution in [2.24, 2.45) is 0 Å². The van der Waals surface area contributed by atoms with Crippen molar-refractivity contribution in [3.05, 3.63) is 0 Å². The third-order valence-electron chi connectivity index (χ3n) is 1.99. The smallest absolute Gasteiger partial charge is 0.211 e. The first-order chi connectivity index (χ1) is 7.48. The van der Waals surface area contributed by atoms with Crippen LogP contribution in [-0.4, -0.2) is 45.3 Å². The highest BCUT2D eigenvalue weighted by molar-refractivity contribution is 7.98. The van der Waals surface area contributed by atoms with Crippen LogP contribution >= 0.6 is 11.8 Å². The summed E-state index contributed by atoms with van der Waals surface area (Å²) < 4.78 is 25.6. The average Bonchev–Trinajstić information content (AvgIpc) is 2.19. The van der Waals surface area contributed by atoms with Gasteiger partial charge in [0.05, 0.1) is 5.75 Å². The lowest BCUT2D eigenvalue weighted by molar-refractivity contribution is 0.560. The van der Waals surface area contributed by atoms with Crippen molar-refractivity contribution in [3.8, 4) is 0 Å². The number of sulfonamides is 1. The van der Waals surface area contributed by atoms with Crippen molar-refractivity contribution in [1.82, 2.24) is 10.0 Å². The minimum atomic E-state index is -3.06. The van der Waals surface area contributed by atoms with Gasteiger partial charge >= 0.3 is 0 Å². The van der Waals surface area contributed by atoms with Crippen molar-refractivity contribution < 1.29 is 8.42 Å². The maximum Gasteiger partial charge on any atom is 0.211 e. The minimum absolute atomic E-state index is 0.214. The molecule has 0 aromatic heterocycles. The SMILES string of the molecule is CSCCCNS(=O)(=O)CCCNC(C)C. The van der Waals surface area contributed by atoms with Gasteiger partial charge in [0, 0.05) is 12.6 Å². The fourth-order valence-corrected chi connectivity index (χ4v) is 2.73. The van der Waals surface area contributed by atoms with Crippen LogP contribution < -0.4 is 10.0 Å². The molecular weight excluding hydrogens is 244 g/mol. The quantitative estimate of drug-likeness (QED) is 0.581. The molecule has 0 amide bonds. The second kappa shape index (κ2) is 9.27. The van der Waals surface area contributed by atoms with Crippen molar-refractivity contribution in [2.75, 3.05) is 30.9 Å². The van der Waals surface area contributed by atoms with Gasteiger partial charge < -0.3 is 5.32 Å². The van der Waals surface area contributed by atoms with E-state index in [4.69, 9.17) is 0 Å². The molecule has 0 aliphatic rings. The van der Waals surface area contributed by atoms with Crippen LogP contribution in [0.2, 0.25) is 0 Å². The molecule has 0 aliphatic carbocycles. The van der Waals surface area contributed by atoms with Gasteiger partial charge in [-0.15, -0.1) is 0 Å². The largest absolute Gasteiger partial charge is 0.314 e. The van der Waals surface area contributed by atoms with E-state index in [9.17, 15) is 8.42 Å². The van der Waals surface area contributed by atoms with E-state index in [2.05, 4.69) is 23.9 Å². The lowest BCUT2D eigenvalue weighted by atomic mass is 10.4. The molecule has 0 atom stereocenters. The minimum Gasteiger partial charge on any atom is -0.314 e. The molecule has 0 heterocycles. The average molecular weight is 268 g/mol. The van der Waals surface area contributed by atoms with Crippen LogP contribution in [-0.2, 0) is 10.0 Å². The molecule has 0 rings (SSSR count). The van der Waals surface area contributed by atoms with Crippen LogP contribution in [0.25, 0.3) is 0 Å². The highest BCUT2D eigenvalue weighted by Gasteiger charge is 2.08. The summed E-state index contributed by atoms with van der Waals surface area (Å²) in [4.78, 5) is 0. The van der Waals surface area contributed by atoms with E-state index in [-0.39, 0.29) is 5.75 Å². The standard InChI is InChI=1S/C10H24N2O2S2/c1-10(2)11-6-5-9-16(13,14)12-7-4-8-15-3/h10-12H,4-9H2,1-3H3. The van der Waals surface area contributed by atoms with Gasteiger partial charge in [0.2, 0.25) is 10.0 Å². The molecule has 0 aromatic carbocycles. The van der Waals surface area contributed by atoms with Gasteiger partial charge in [-0.2, -0.15) is 11.8 Å². The van der Waals surface area contributed by atoms with Gasteiger partial charge in [0.25, 0.3) is 0 Å². The molecule has 0 spiro atoms. The van der Waals surface area contributed by atoms with Crippen LogP contribution in [0.1, 0.15) is 26.7 Å². The van der Waals surface area contributed by atoms with E-state index in [0.717, 1.165) is 18.7 Å². The first kappa shape index (κ1) is 16.2. The summed E-state index contributed by atoms with van der Waals surface area (Å²) >= 11 is 1.73. The van der Waals surface area contributed by atoms with E-state index in [0.29, 0.717) is 19.0 Å². The molecule has 0 aliphatic heterocycles. The molecule has 0 bridgehead atoms. The summed E-state index contributed by atoms with van der Waals surface area (Å²) in [6.07, 6.45) is 3.58. The highest BCUT2D eigenvalue weighted by Crippen LogP contribution is 1.95. The van der Waals surface area contributed by atoms with E-state index in [1.54, 1.807) is 11.8 Å². The third-order valence-corrected chi connectivity index (χ3v) is 4.16. The number of thioether (sulfide) groups is 1. The zero-order chi connectivity index (χ0) is 12.4. The summed E-state index contributed by atoms with van der Waals surface area (Å²) in [6.45, 7) is 5.41. The Balaban J connectivity index is 3.55. The summed E-state index contributed by atoms with van der Waals surface area (Å²) in [7, 11) is -3.06. The molecule has 0 unspecified atom stereocenters. The number of hydrogen-bond acceptors (Lipinski definition) is 4. The Morgan fingerprint density at radius 1 is 1.19 bits per heavy atom. The maximum atomic E-state index is 11.5. The predicted octanol–water partition coefficient (Wildman–Crippen LogP) is 1.05. The summed E-state index contributed by atoms with van der Waals surface area (Å²) in [5.74, 6) is 1.21. The molecular formula is C10H24N2O2S2. The van der Waals surface area contributed by atoms with Crippen LogP contribution in [0.5, 0.6) is 0 Å². The first-order valence-corrected chi connectivity index (χ1v) is 8.72. The fourth-order valence-electron chi connectivity index (χ4n) is 1.17. The van der Waals surface area contributed by atoms with E-state index in [1.807, 2.05) is 6.26 Å². The lowest BCUT2D eigenvalue weighted by Crippen LogP contribution is -2.30. The highest BCUT2D eigenvalue weighted by atomic mass is 32.2. The molecule has 2 N–H and O–H groups in total. The second-order valence-electron chi connectivity index (χ2n) is 4.02. The Labute approximate surface area is 104 Å². The van der Waals surface area contributed by atoms with E-state index in [1.165, 1.54) is 0 Å². The number of nitrogens with one attached hydrogen (secondary N) is 2. The van der Waals surface area contributed by atoms with Gasteiger partial charge in [0.1, 0.15) is 0 Å². The number of hydrogen-bond donors (Lipinski definition) is 2. The molecule has 98 valence electrons. The molecule has 0 radical (unpaired) electrons. The van der Waals surface area contributed by atoms with Crippen molar-refractivity contribution in [2.45, 2.75) is 32.7 Å². The zero-order valence-electron chi connectivity index (χ0n) is 10.5. The molecule has 16 heavy (non-hydrogen) atoms. The zero-order valence-corrected chi connectivity index (χ0v) is 12.1. The Hall–Kier alpha value is 0.220.